The van der Waals surface area contributed by atoms with Crippen LogP contribution in [0.2, 0.25) is 0 Å². The monoisotopic (exact) mass is 535 g/mol. The molecule has 4 heterocycles. The van der Waals surface area contributed by atoms with Gasteiger partial charge in [0.25, 0.3) is 6.01 Å². The summed E-state index contributed by atoms with van der Waals surface area (Å²) in [6.07, 6.45) is 1.02. The molecule has 38 heavy (non-hydrogen) atoms. The number of carbonyl (C=O) groups is 2. The predicted molar refractivity (Wildman–Crippen MR) is 132 cm³/mol. The van der Waals surface area contributed by atoms with Crippen molar-refractivity contribution in [2.45, 2.75) is 57.7 Å². The third-order valence-electron chi connectivity index (χ3n) is 7.44. The van der Waals surface area contributed by atoms with Crippen molar-refractivity contribution in [1.29, 1.82) is 0 Å². The zero-order valence-electron chi connectivity index (χ0n) is 21.4. The summed E-state index contributed by atoms with van der Waals surface area (Å²) in [5, 5.41) is 0. The standard InChI is InChI=1S/C26H32F3N5O4/c1-17-8-9-34(16-17)24-31-23(26(27,28)29)22(38-24)20(35)14-18-6-7-21(30-15-18)32-10-12-33(13-11-32)25(36)37-19-4-2-3-5-19/h6-7,15,17,19H,2-5,8-14,16H2,1H3. The van der Waals surface area contributed by atoms with E-state index < -0.39 is 23.4 Å². The Bertz CT molecular complexity index is 1140. The number of hydrogen-bond donors (Lipinski definition) is 0. The summed E-state index contributed by atoms with van der Waals surface area (Å²) in [5.74, 6) is -0.580. The van der Waals surface area contributed by atoms with Crippen molar-refractivity contribution >= 4 is 23.7 Å². The number of aromatic nitrogens is 2. The minimum absolute atomic E-state index is 0.0251. The number of rotatable bonds is 6. The molecule has 1 aliphatic carbocycles. The van der Waals surface area contributed by atoms with Crippen LogP contribution in [0.5, 0.6) is 0 Å². The van der Waals surface area contributed by atoms with Crippen LogP contribution in [0.1, 0.15) is 60.8 Å². The van der Waals surface area contributed by atoms with Gasteiger partial charge < -0.3 is 23.9 Å². The van der Waals surface area contributed by atoms with Gasteiger partial charge in [0.1, 0.15) is 11.9 Å². The number of alkyl halides is 3. The van der Waals surface area contributed by atoms with Gasteiger partial charge >= 0.3 is 12.3 Å². The van der Waals surface area contributed by atoms with E-state index in [2.05, 4.69) is 9.97 Å². The van der Waals surface area contributed by atoms with Gasteiger partial charge in [-0.05, 0) is 49.7 Å². The van der Waals surface area contributed by atoms with Crippen LogP contribution in [0.15, 0.2) is 22.7 Å². The summed E-state index contributed by atoms with van der Waals surface area (Å²) in [4.78, 5) is 38.6. The number of piperazine rings is 1. The molecular formula is C26H32F3N5O4. The van der Waals surface area contributed by atoms with Crippen LogP contribution in [0.4, 0.5) is 29.8 Å². The highest BCUT2D eigenvalue weighted by molar-refractivity contribution is 5.96. The van der Waals surface area contributed by atoms with Crippen molar-refractivity contribution < 1.29 is 31.9 Å². The van der Waals surface area contributed by atoms with E-state index in [1.54, 1.807) is 21.9 Å². The number of oxazole rings is 1. The van der Waals surface area contributed by atoms with Crippen LogP contribution in [0.3, 0.4) is 0 Å². The largest absolute Gasteiger partial charge is 0.446 e. The first-order chi connectivity index (χ1) is 18.2. The molecule has 3 aliphatic rings. The van der Waals surface area contributed by atoms with E-state index in [4.69, 9.17) is 9.15 Å². The average Bonchev–Trinajstić information content (AvgIpc) is 3.65. The molecule has 9 nitrogen and oxygen atoms in total. The number of ketones is 1. The maximum absolute atomic E-state index is 13.6. The lowest BCUT2D eigenvalue weighted by Gasteiger charge is -2.35. The molecular weight excluding hydrogens is 503 g/mol. The number of hydrogen-bond acceptors (Lipinski definition) is 8. The Hall–Kier alpha value is -3.31. The highest BCUT2D eigenvalue weighted by atomic mass is 19.4. The summed E-state index contributed by atoms with van der Waals surface area (Å²) in [7, 11) is 0. The number of anilines is 2. The first-order valence-corrected chi connectivity index (χ1v) is 13.2. The molecule has 0 N–H and O–H groups in total. The molecule has 0 radical (unpaired) electrons. The summed E-state index contributed by atoms with van der Waals surface area (Å²) in [6.45, 7) is 5.25. The number of nitrogens with zero attached hydrogens (tertiary/aromatic N) is 5. The van der Waals surface area contributed by atoms with E-state index in [9.17, 15) is 22.8 Å². The van der Waals surface area contributed by atoms with E-state index in [1.807, 2.05) is 11.8 Å². The van der Waals surface area contributed by atoms with Crippen molar-refractivity contribution in [1.82, 2.24) is 14.9 Å². The fourth-order valence-electron chi connectivity index (χ4n) is 5.25. The number of Topliss-reactive ketones (excluding diaryl/α,β-unsaturated/α-hetero) is 1. The molecule has 2 aromatic rings. The molecule has 206 valence electrons. The second-order valence-corrected chi connectivity index (χ2v) is 10.4. The summed E-state index contributed by atoms with van der Waals surface area (Å²) >= 11 is 0. The lowest BCUT2D eigenvalue weighted by Crippen LogP contribution is -2.49. The fraction of sp³-hybridized carbons (Fsp3) is 0.615. The number of pyridine rings is 1. The fourth-order valence-corrected chi connectivity index (χ4v) is 5.25. The van der Waals surface area contributed by atoms with Crippen LogP contribution >= 0.6 is 0 Å². The maximum atomic E-state index is 13.6. The van der Waals surface area contributed by atoms with E-state index in [0.29, 0.717) is 56.6 Å². The van der Waals surface area contributed by atoms with Gasteiger partial charge in [0.15, 0.2) is 5.69 Å². The summed E-state index contributed by atoms with van der Waals surface area (Å²) in [5.41, 5.74) is -0.815. The lowest BCUT2D eigenvalue weighted by atomic mass is 10.1. The average molecular weight is 536 g/mol. The Morgan fingerprint density at radius 3 is 2.39 bits per heavy atom. The van der Waals surface area contributed by atoms with Gasteiger partial charge in [0.2, 0.25) is 11.5 Å². The quantitative estimate of drug-likeness (QED) is 0.497. The molecule has 3 fully saturated rings. The van der Waals surface area contributed by atoms with E-state index in [0.717, 1.165) is 32.1 Å². The maximum Gasteiger partial charge on any atom is 0.437 e. The van der Waals surface area contributed by atoms with Crippen molar-refractivity contribution in [3.8, 4) is 0 Å². The lowest BCUT2D eigenvalue weighted by molar-refractivity contribution is -0.141. The minimum Gasteiger partial charge on any atom is -0.446 e. The molecule has 2 aromatic heterocycles. The number of carbonyl (C=O) groups excluding carboxylic acids is 2. The van der Waals surface area contributed by atoms with E-state index >= 15 is 0 Å². The van der Waals surface area contributed by atoms with Gasteiger partial charge in [-0.3, -0.25) is 4.79 Å². The van der Waals surface area contributed by atoms with Crippen molar-refractivity contribution in [3.63, 3.8) is 0 Å². The first kappa shape index (κ1) is 26.3. The SMILES string of the molecule is CC1CCN(c2nc(C(F)(F)F)c(C(=O)Cc3ccc(N4CCN(C(=O)OC5CCCC5)CC4)nc3)o2)C1. The Labute approximate surface area is 218 Å². The van der Waals surface area contributed by atoms with Crippen molar-refractivity contribution in [3.05, 3.63) is 35.3 Å². The van der Waals surface area contributed by atoms with Gasteiger partial charge in [0, 0.05) is 51.9 Å². The van der Waals surface area contributed by atoms with Gasteiger partial charge in [-0.2, -0.15) is 18.2 Å². The summed E-state index contributed by atoms with van der Waals surface area (Å²) < 4.78 is 51.8. The zero-order valence-corrected chi connectivity index (χ0v) is 21.4. The van der Waals surface area contributed by atoms with Crippen LogP contribution in [-0.4, -0.2) is 72.1 Å². The van der Waals surface area contributed by atoms with E-state index in [1.165, 1.54) is 6.20 Å². The molecule has 5 rings (SSSR count). The molecule has 1 saturated carbocycles. The molecule has 1 amide bonds. The number of ether oxygens (including phenoxy) is 1. The second kappa shape index (κ2) is 10.8. The Morgan fingerprint density at radius 1 is 1.05 bits per heavy atom. The normalized spacial score (nSPS) is 20.8. The second-order valence-electron chi connectivity index (χ2n) is 10.4. The van der Waals surface area contributed by atoms with Crippen molar-refractivity contribution in [2.24, 2.45) is 5.92 Å². The third kappa shape index (κ3) is 5.88. The van der Waals surface area contributed by atoms with Gasteiger partial charge in [-0.15, -0.1) is 0 Å². The number of amides is 1. The molecule has 0 aromatic carbocycles. The highest BCUT2D eigenvalue weighted by Crippen LogP contribution is 2.36. The highest BCUT2D eigenvalue weighted by Gasteiger charge is 2.42. The Kier molecular flexibility index (Phi) is 7.49. The van der Waals surface area contributed by atoms with E-state index in [-0.39, 0.29) is 24.6 Å². The minimum atomic E-state index is -4.80. The van der Waals surface area contributed by atoms with Crippen LogP contribution in [0.25, 0.3) is 0 Å². The van der Waals surface area contributed by atoms with Crippen LogP contribution in [-0.2, 0) is 17.3 Å². The van der Waals surface area contributed by atoms with Crippen LogP contribution in [0, 0.1) is 5.92 Å². The molecule has 2 saturated heterocycles. The zero-order chi connectivity index (χ0) is 26.9. The van der Waals surface area contributed by atoms with Gasteiger partial charge in [0.05, 0.1) is 0 Å². The summed E-state index contributed by atoms with van der Waals surface area (Å²) in [6, 6.07) is 3.25. The molecule has 2 aliphatic heterocycles. The molecule has 1 unspecified atom stereocenters. The third-order valence-corrected chi connectivity index (χ3v) is 7.44. The number of halogens is 3. The molecule has 0 bridgehead atoms. The van der Waals surface area contributed by atoms with Crippen molar-refractivity contribution in [2.75, 3.05) is 49.1 Å². The molecule has 1 atom stereocenters. The van der Waals surface area contributed by atoms with Gasteiger partial charge in [-0.1, -0.05) is 13.0 Å². The molecule has 0 spiro atoms. The first-order valence-electron chi connectivity index (χ1n) is 13.2. The van der Waals surface area contributed by atoms with Gasteiger partial charge in [-0.25, -0.2) is 9.78 Å². The Morgan fingerprint density at radius 2 is 1.79 bits per heavy atom. The smallest absolute Gasteiger partial charge is 0.437 e. The Balaban J connectivity index is 1.19. The van der Waals surface area contributed by atoms with Crippen LogP contribution < -0.4 is 9.80 Å². The predicted octanol–water partition coefficient (Wildman–Crippen LogP) is 4.56. The molecule has 12 heteroatoms. The topological polar surface area (TPSA) is 92.0 Å².